The van der Waals surface area contributed by atoms with Crippen LogP contribution in [0.25, 0.3) is 0 Å². The molecule has 60 valence electrons. The summed E-state index contributed by atoms with van der Waals surface area (Å²) in [6, 6.07) is 0.344. The van der Waals surface area contributed by atoms with Crippen LogP contribution in [0.15, 0.2) is 0 Å². The van der Waals surface area contributed by atoms with Gasteiger partial charge in [0, 0.05) is 19.1 Å². The highest BCUT2D eigenvalue weighted by Crippen LogP contribution is 2.18. The minimum Gasteiger partial charge on any atom is -0.392 e. The van der Waals surface area contributed by atoms with Crippen LogP contribution >= 0.6 is 0 Å². The second-order valence-corrected chi connectivity index (χ2v) is 3.54. The molecule has 0 bridgehead atoms. The van der Waals surface area contributed by atoms with E-state index >= 15 is 0 Å². The first-order chi connectivity index (χ1) is 4.61. The number of aliphatic hydroxyl groups excluding tert-OH is 1. The fourth-order valence-electron chi connectivity index (χ4n) is 1.38. The highest BCUT2D eigenvalue weighted by atomic mass is 16.3. The molecule has 0 radical (unpaired) electrons. The van der Waals surface area contributed by atoms with Crippen molar-refractivity contribution in [2.24, 2.45) is 5.92 Å². The molecule has 0 spiro atoms. The lowest BCUT2D eigenvalue weighted by molar-refractivity contribution is 0.00475. The van der Waals surface area contributed by atoms with Gasteiger partial charge in [0.1, 0.15) is 0 Å². The van der Waals surface area contributed by atoms with Crippen LogP contribution in [-0.4, -0.2) is 35.2 Å². The Labute approximate surface area is 62.8 Å². The largest absolute Gasteiger partial charge is 0.392 e. The Balaban J connectivity index is 2.24. The summed E-state index contributed by atoms with van der Waals surface area (Å²) in [6.07, 6.45) is -0.188. The van der Waals surface area contributed by atoms with Gasteiger partial charge in [-0.15, -0.1) is 0 Å². The minimum absolute atomic E-state index is 0.188. The number of hydrogen-bond acceptors (Lipinski definition) is 2. The molecule has 0 aromatic rings. The van der Waals surface area contributed by atoms with E-state index in [4.69, 9.17) is 0 Å². The number of aliphatic hydroxyl groups is 1. The predicted octanol–water partition coefficient (Wildman–Crippen LogP) is 0.707. The molecule has 0 aromatic carbocycles. The SMILES string of the molecule is CC1CN(C(C)C(C)O)C1. The molecule has 1 aliphatic rings. The molecule has 0 saturated carbocycles. The summed E-state index contributed by atoms with van der Waals surface area (Å²) >= 11 is 0. The van der Waals surface area contributed by atoms with Gasteiger partial charge in [0.05, 0.1) is 6.10 Å². The molecule has 10 heavy (non-hydrogen) atoms. The fraction of sp³-hybridized carbons (Fsp3) is 1.00. The first-order valence-corrected chi connectivity index (χ1v) is 4.03. The molecule has 1 fully saturated rings. The molecule has 0 amide bonds. The molecule has 2 nitrogen and oxygen atoms in total. The van der Waals surface area contributed by atoms with Gasteiger partial charge in [-0.25, -0.2) is 0 Å². The smallest absolute Gasteiger partial charge is 0.0664 e. The van der Waals surface area contributed by atoms with Crippen LogP contribution in [-0.2, 0) is 0 Å². The molecular formula is C8H17NO. The third kappa shape index (κ3) is 1.50. The standard InChI is InChI=1S/C8H17NO/c1-6-4-9(5-6)7(2)8(3)10/h6-8,10H,4-5H2,1-3H3. The monoisotopic (exact) mass is 143 g/mol. The van der Waals surface area contributed by atoms with Crippen molar-refractivity contribution >= 4 is 0 Å². The molecule has 0 aromatic heterocycles. The molecule has 1 aliphatic heterocycles. The lowest BCUT2D eigenvalue weighted by atomic mass is 9.99. The van der Waals surface area contributed by atoms with Crippen LogP contribution in [0.2, 0.25) is 0 Å². The Kier molecular flexibility index (Phi) is 2.32. The Bertz CT molecular complexity index is 108. The van der Waals surface area contributed by atoms with Gasteiger partial charge in [0.2, 0.25) is 0 Å². The summed E-state index contributed by atoms with van der Waals surface area (Å²) in [5, 5.41) is 9.20. The van der Waals surface area contributed by atoms with Crippen molar-refractivity contribution < 1.29 is 5.11 Å². The molecular weight excluding hydrogens is 126 g/mol. The van der Waals surface area contributed by atoms with Crippen molar-refractivity contribution in [1.82, 2.24) is 4.90 Å². The minimum atomic E-state index is -0.188. The van der Waals surface area contributed by atoms with Crippen molar-refractivity contribution in [2.75, 3.05) is 13.1 Å². The van der Waals surface area contributed by atoms with E-state index in [0.717, 1.165) is 19.0 Å². The van der Waals surface area contributed by atoms with Gasteiger partial charge in [0.25, 0.3) is 0 Å². The van der Waals surface area contributed by atoms with E-state index in [1.54, 1.807) is 0 Å². The van der Waals surface area contributed by atoms with Crippen LogP contribution in [0.5, 0.6) is 0 Å². The van der Waals surface area contributed by atoms with Gasteiger partial charge in [-0.2, -0.15) is 0 Å². The Hall–Kier alpha value is -0.0800. The van der Waals surface area contributed by atoms with E-state index in [2.05, 4.69) is 18.7 Å². The van der Waals surface area contributed by atoms with Gasteiger partial charge in [0.15, 0.2) is 0 Å². The zero-order valence-electron chi connectivity index (χ0n) is 7.04. The van der Waals surface area contributed by atoms with Crippen LogP contribution in [0.1, 0.15) is 20.8 Å². The number of hydrogen-bond donors (Lipinski definition) is 1. The molecule has 1 rings (SSSR count). The Morgan fingerprint density at radius 3 is 2.20 bits per heavy atom. The molecule has 1 saturated heterocycles. The Morgan fingerprint density at radius 2 is 1.90 bits per heavy atom. The van der Waals surface area contributed by atoms with Gasteiger partial charge in [-0.05, 0) is 19.8 Å². The highest BCUT2D eigenvalue weighted by Gasteiger charge is 2.28. The number of likely N-dealkylation sites (tertiary alicyclic amines) is 1. The van der Waals surface area contributed by atoms with E-state index in [1.807, 2.05) is 6.92 Å². The second kappa shape index (κ2) is 2.89. The van der Waals surface area contributed by atoms with E-state index in [-0.39, 0.29) is 6.10 Å². The summed E-state index contributed by atoms with van der Waals surface area (Å²) < 4.78 is 0. The van der Waals surface area contributed by atoms with Crippen LogP contribution < -0.4 is 0 Å². The van der Waals surface area contributed by atoms with Gasteiger partial charge in [-0.1, -0.05) is 6.92 Å². The molecule has 1 heterocycles. The van der Waals surface area contributed by atoms with Crippen molar-refractivity contribution in [3.05, 3.63) is 0 Å². The average molecular weight is 143 g/mol. The summed E-state index contributed by atoms with van der Waals surface area (Å²) in [5.74, 6) is 0.834. The van der Waals surface area contributed by atoms with E-state index in [1.165, 1.54) is 0 Å². The van der Waals surface area contributed by atoms with Crippen LogP contribution in [0.3, 0.4) is 0 Å². The first-order valence-electron chi connectivity index (χ1n) is 4.03. The number of rotatable bonds is 2. The van der Waals surface area contributed by atoms with E-state index in [9.17, 15) is 5.11 Å². The summed E-state index contributed by atoms with van der Waals surface area (Å²) in [7, 11) is 0. The maximum atomic E-state index is 9.20. The Morgan fingerprint density at radius 1 is 1.40 bits per heavy atom. The zero-order valence-corrected chi connectivity index (χ0v) is 7.04. The summed E-state index contributed by atoms with van der Waals surface area (Å²) in [5.41, 5.74) is 0. The predicted molar refractivity (Wildman–Crippen MR) is 41.9 cm³/mol. The fourth-order valence-corrected chi connectivity index (χ4v) is 1.38. The second-order valence-electron chi connectivity index (χ2n) is 3.54. The molecule has 2 heteroatoms. The third-order valence-electron chi connectivity index (χ3n) is 2.37. The molecule has 2 unspecified atom stereocenters. The molecule has 1 N–H and O–H groups in total. The van der Waals surface area contributed by atoms with Gasteiger partial charge >= 0.3 is 0 Å². The van der Waals surface area contributed by atoms with Gasteiger partial charge < -0.3 is 5.11 Å². The number of nitrogens with zero attached hydrogens (tertiary/aromatic N) is 1. The lowest BCUT2D eigenvalue weighted by Crippen LogP contribution is -2.53. The van der Waals surface area contributed by atoms with Crippen molar-refractivity contribution in [2.45, 2.75) is 32.9 Å². The lowest BCUT2D eigenvalue weighted by Gasteiger charge is -2.42. The van der Waals surface area contributed by atoms with Gasteiger partial charge in [-0.3, -0.25) is 4.90 Å². The van der Waals surface area contributed by atoms with Crippen molar-refractivity contribution in [1.29, 1.82) is 0 Å². The summed E-state index contributed by atoms with van der Waals surface area (Å²) in [4.78, 5) is 2.31. The first kappa shape index (κ1) is 8.02. The normalized spacial score (nSPS) is 27.6. The quantitative estimate of drug-likeness (QED) is 0.615. The van der Waals surface area contributed by atoms with Crippen molar-refractivity contribution in [3.8, 4) is 0 Å². The average Bonchev–Trinajstić information content (AvgIpc) is 1.79. The maximum Gasteiger partial charge on any atom is 0.0664 e. The third-order valence-corrected chi connectivity index (χ3v) is 2.37. The highest BCUT2D eigenvalue weighted by molar-refractivity contribution is 4.82. The van der Waals surface area contributed by atoms with E-state index in [0.29, 0.717) is 6.04 Å². The zero-order chi connectivity index (χ0) is 7.72. The maximum absolute atomic E-state index is 9.20. The molecule has 2 atom stereocenters. The van der Waals surface area contributed by atoms with E-state index < -0.39 is 0 Å². The summed E-state index contributed by atoms with van der Waals surface area (Å²) in [6.45, 7) is 8.49. The van der Waals surface area contributed by atoms with Crippen LogP contribution in [0.4, 0.5) is 0 Å². The molecule has 0 aliphatic carbocycles. The van der Waals surface area contributed by atoms with Crippen LogP contribution in [0, 0.1) is 5.92 Å². The topological polar surface area (TPSA) is 23.5 Å². The van der Waals surface area contributed by atoms with Crippen molar-refractivity contribution in [3.63, 3.8) is 0 Å².